The number of carbonyl (C=O) groups is 1. The molecule has 2 atom stereocenters. The number of anilines is 2. The number of hydrogen-bond donors (Lipinski definition) is 1. The van der Waals surface area contributed by atoms with Gasteiger partial charge in [0.2, 0.25) is 0 Å². The number of cyclic esters (lactones) is 1. The summed E-state index contributed by atoms with van der Waals surface area (Å²) in [6, 6.07) is 3.37. The van der Waals surface area contributed by atoms with E-state index in [2.05, 4.69) is 10.2 Å². The van der Waals surface area contributed by atoms with E-state index in [1.807, 2.05) is 6.26 Å². The molecular formula is C17H20FN3O3S2. The van der Waals surface area contributed by atoms with Crippen LogP contribution in [0.3, 0.4) is 0 Å². The SMILES string of the molecule is CSC(=S)NC[C@H]1CN(c2cc(F)c3c(c2)OC[C@@H]2CCCN32)C(=O)O1. The number of nitrogens with one attached hydrogen (secondary N) is 1. The predicted octanol–water partition coefficient (Wildman–Crippen LogP) is 2.75. The first-order valence-electron chi connectivity index (χ1n) is 8.59. The van der Waals surface area contributed by atoms with Crippen LogP contribution in [0, 0.1) is 5.82 Å². The van der Waals surface area contributed by atoms with E-state index in [-0.39, 0.29) is 18.0 Å². The summed E-state index contributed by atoms with van der Waals surface area (Å²) in [6.45, 7) is 2.17. The molecule has 1 aromatic rings. The Hall–Kier alpha value is -1.74. The predicted molar refractivity (Wildman–Crippen MR) is 104 cm³/mol. The van der Waals surface area contributed by atoms with Crippen molar-refractivity contribution < 1.29 is 18.7 Å². The smallest absolute Gasteiger partial charge is 0.414 e. The second-order valence-electron chi connectivity index (χ2n) is 6.56. The van der Waals surface area contributed by atoms with Gasteiger partial charge in [-0.05, 0) is 19.1 Å². The Bertz CT molecular complexity index is 748. The number of hydrogen-bond acceptors (Lipinski definition) is 6. The van der Waals surface area contributed by atoms with Crippen molar-refractivity contribution in [1.82, 2.24) is 5.32 Å². The molecule has 0 bridgehead atoms. The third-order valence-electron chi connectivity index (χ3n) is 4.95. The first-order chi connectivity index (χ1) is 12.6. The van der Waals surface area contributed by atoms with Gasteiger partial charge in [-0.1, -0.05) is 12.2 Å². The number of fused-ring (bicyclic) bond motifs is 3. The van der Waals surface area contributed by atoms with Gasteiger partial charge in [-0.25, -0.2) is 9.18 Å². The Morgan fingerprint density at radius 2 is 2.35 bits per heavy atom. The molecule has 0 aromatic heterocycles. The zero-order valence-electron chi connectivity index (χ0n) is 14.4. The van der Waals surface area contributed by atoms with Crippen molar-refractivity contribution in [2.75, 3.05) is 42.3 Å². The fraction of sp³-hybridized carbons (Fsp3) is 0.529. The van der Waals surface area contributed by atoms with Gasteiger partial charge in [0.1, 0.15) is 28.5 Å². The molecule has 0 saturated carbocycles. The van der Waals surface area contributed by atoms with Crippen molar-refractivity contribution in [2.45, 2.75) is 25.0 Å². The molecule has 1 N–H and O–H groups in total. The monoisotopic (exact) mass is 397 g/mol. The van der Waals surface area contributed by atoms with E-state index >= 15 is 0 Å². The number of carbonyl (C=O) groups excluding carboxylic acids is 1. The topological polar surface area (TPSA) is 54.0 Å². The standard InChI is InChI=1S/C17H20FN3O3S2/c1-26-16(25)19-7-12-8-21(17(22)24-12)11-5-13(18)15-14(6-11)23-9-10-3-2-4-20(10)15/h5-6,10,12H,2-4,7-9H2,1H3,(H,19,25)/t10-,12-/m0/s1. The Morgan fingerprint density at radius 3 is 3.15 bits per heavy atom. The average Bonchev–Trinajstić information content (AvgIpc) is 3.25. The lowest BCUT2D eigenvalue weighted by atomic mass is 10.1. The van der Waals surface area contributed by atoms with Gasteiger partial charge in [0.15, 0.2) is 5.82 Å². The van der Waals surface area contributed by atoms with Crippen LogP contribution in [0.2, 0.25) is 0 Å². The van der Waals surface area contributed by atoms with Crippen LogP contribution in [0.5, 0.6) is 5.75 Å². The Morgan fingerprint density at radius 1 is 1.50 bits per heavy atom. The normalized spacial score (nSPS) is 24.0. The van der Waals surface area contributed by atoms with Crippen LogP contribution in [0.25, 0.3) is 0 Å². The van der Waals surface area contributed by atoms with Crippen molar-refractivity contribution in [3.05, 3.63) is 17.9 Å². The molecule has 6 nitrogen and oxygen atoms in total. The number of halogens is 1. The van der Waals surface area contributed by atoms with E-state index in [4.69, 9.17) is 21.7 Å². The minimum absolute atomic E-state index is 0.246. The Labute approximate surface area is 161 Å². The molecule has 26 heavy (non-hydrogen) atoms. The lowest BCUT2D eigenvalue weighted by Crippen LogP contribution is -2.39. The molecule has 0 radical (unpaired) electrons. The molecule has 3 aliphatic heterocycles. The van der Waals surface area contributed by atoms with Crippen LogP contribution in [-0.4, -0.2) is 55.1 Å². The van der Waals surface area contributed by atoms with Gasteiger partial charge >= 0.3 is 6.09 Å². The van der Waals surface area contributed by atoms with Crippen LogP contribution in [0.1, 0.15) is 12.8 Å². The van der Waals surface area contributed by atoms with Gasteiger partial charge in [0, 0.05) is 18.7 Å². The molecule has 0 unspecified atom stereocenters. The zero-order chi connectivity index (χ0) is 18.3. The Kier molecular flexibility index (Phi) is 4.83. The molecule has 4 rings (SSSR count). The van der Waals surface area contributed by atoms with E-state index in [1.165, 1.54) is 22.7 Å². The van der Waals surface area contributed by atoms with Crippen LogP contribution in [0.4, 0.5) is 20.6 Å². The molecule has 9 heteroatoms. The van der Waals surface area contributed by atoms with Crippen molar-refractivity contribution in [3.8, 4) is 5.75 Å². The minimum Gasteiger partial charge on any atom is -0.489 e. The summed E-state index contributed by atoms with van der Waals surface area (Å²) >= 11 is 6.52. The quantitative estimate of drug-likeness (QED) is 0.787. The molecule has 0 spiro atoms. The van der Waals surface area contributed by atoms with E-state index < -0.39 is 6.09 Å². The summed E-state index contributed by atoms with van der Waals surface area (Å²) in [6.07, 6.45) is 3.12. The molecule has 2 saturated heterocycles. The van der Waals surface area contributed by atoms with E-state index in [0.29, 0.717) is 41.1 Å². The molecular weight excluding hydrogens is 377 g/mol. The second kappa shape index (κ2) is 7.11. The third kappa shape index (κ3) is 3.18. The van der Waals surface area contributed by atoms with Crippen molar-refractivity contribution in [1.29, 1.82) is 0 Å². The summed E-state index contributed by atoms with van der Waals surface area (Å²) in [4.78, 5) is 15.7. The van der Waals surface area contributed by atoms with Gasteiger partial charge in [-0.2, -0.15) is 0 Å². The third-order valence-corrected chi connectivity index (χ3v) is 6.11. The molecule has 1 amide bonds. The van der Waals surface area contributed by atoms with Crippen LogP contribution >= 0.6 is 24.0 Å². The number of amides is 1. The highest BCUT2D eigenvalue weighted by atomic mass is 32.2. The van der Waals surface area contributed by atoms with Gasteiger partial charge in [0.25, 0.3) is 0 Å². The summed E-state index contributed by atoms with van der Waals surface area (Å²) in [5.74, 6) is 0.137. The van der Waals surface area contributed by atoms with E-state index in [0.717, 1.165) is 19.4 Å². The maximum Gasteiger partial charge on any atom is 0.414 e. The number of thioether (sulfide) groups is 1. The average molecular weight is 397 g/mol. The van der Waals surface area contributed by atoms with Gasteiger partial charge in [-0.3, -0.25) is 4.90 Å². The van der Waals surface area contributed by atoms with Crippen LogP contribution < -0.4 is 19.9 Å². The molecule has 3 aliphatic rings. The number of rotatable bonds is 3. The molecule has 0 aliphatic carbocycles. The van der Waals surface area contributed by atoms with Crippen molar-refractivity contribution >= 4 is 45.8 Å². The van der Waals surface area contributed by atoms with Gasteiger partial charge in [-0.15, -0.1) is 11.8 Å². The Balaban J connectivity index is 1.52. The van der Waals surface area contributed by atoms with Crippen LogP contribution in [-0.2, 0) is 4.74 Å². The highest BCUT2D eigenvalue weighted by molar-refractivity contribution is 8.22. The summed E-state index contributed by atoms with van der Waals surface area (Å²) < 4.78 is 26.6. The maximum absolute atomic E-state index is 14.8. The first kappa shape index (κ1) is 17.7. The number of thiocarbonyl (C=S) groups is 1. The number of nitrogens with zero attached hydrogens (tertiary/aromatic N) is 2. The van der Waals surface area contributed by atoms with Gasteiger partial charge in [0.05, 0.1) is 24.8 Å². The minimum atomic E-state index is -0.485. The number of benzene rings is 1. The van der Waals surface area contributed by atoms with Crippen LogP contribution in [0.15, 0.2) is 12.1 Å². The molecule has 3 heterocycles. The van der Waals surface area contributed by atoms with Crippen molar-refractivity contribution in [2.24, 2.45) is 0 Å². The van der Waals surface area contributed by atoms with E-state index in [1.54, 1.807) is 6.07 Å². The lowest BCUT2D eigenvalue weighted by Gasteiger charge is -2.34. The summed E-state index contributed by atoms with van der Waals surface area (Å²) in [5, 5.41) is 3.04. The molecule has 140 valence electrons. The molecule has 2 fully saturated rings. The summed E-state index contributed by atoms with van der Waals surface area (Å²) in [5.41, 5.74) is 0.970. The van der Waals surface area contributed by atoms with Gasteiger partial charge < -0.3 is 19.7 Å². The van der Waals surface area contributed by atoms with Crippen molar-refractivity contribution in [3.63, 3.8) is 0 Å². The fourth-order valence-corrected chi connectivity index (χ4v) is 4.01. The summed E-state index contributed by atoms with van der Waals surface area (Å²) in [7, 11) is 0. The first-order valence-corrected chi connectivity index (χ1v) is 10.2. The highest BCUT2D eigenvalue weighted by Crippen LogP contribution is 2.42. The lowest BCUT2D eigenvalue weighted by molar-refractivity contribution is 0.143. The largest absolute Gasteiger partial charge is 0.489 e. The fourth-order valence-electron chi connectivity index (χ4n) is 3.70. The zero-order valence-corrected chi connectivity index (χ0v) is 16.0. The molecule has 1 aromatic carbocycles. The maximum atomic E-state index is 14.8. The highest BCUT2D eigenvalue weighted by Gasteiger charge is 2.37. The van der Waals surface area contributed by atoms with E-state index in [9.17, 15) is 9.18 Å². The second-order valence-corrected chi connectivity index (χ2v) is 8.05. The number of ether oxygens (including phenoxy) is 2.